The van der Waals surface area contributed by atoms with Crippen LogP contribution in [0.15, 0.2) is 12.1 Å². The standard InChI is InChI=1S/C15H25NO3/c1-6-12(7-2)16-10-11-8-13(17-3)15(19-5)14(9-11)18-4/h8-9,12,16H,6-7,10H2,1-5H3. The fraction of sp³-hybridized carbons (Fsp3) is 0.600. The van der Waals surface area contributed by atoms with Gasteiger partial charge in [-0.1, -0.05) is 13.8 Å². The van der Waals surface area contributed by atoms with E-state index in [1.807, 2.05) is 12.1 Å². The van der Waals surface area contributed by atoms with Gasteiger partial charge < -0.3 is 19.5 Å². The molecule has 0 spiro atoms. The molecule has 0 aliphatic heterocycles. The lowest BCUT2D eigenvalue weighted by Crippen LogP contribution is -2.27. The molecule has 1 aromatic carbocycles. The first-order valence-electron chi connectivity index (χ1n) is 6.72. The molecule has 0 unspecified atom stereocenters. The number of ether oxygens (including phenoxy) is 3. The summed E-state index contributed by atoms with van der Waals surface area (Å²) in [6.45, 7) is 5.18. The minimum Gasteiger partial charge on any atom is -0.493 e. The Balaban J connectivity index is 2.90. The van der Waals surface area contributed by atoms with E-state index >= 15 is 0 Å². The molecule has 1 rings (SSSR count). The first-order valence-corrected chi connectivity index (χ1v) is 6.72. The summed E-state index contributed by atoms with van der Waals surface area (Å²) in [5, 5.41) is 3.52. The van der Waals surface area contributed by atoms with Gasteiger partial charge in [0, 0.05) is 12.6 Å². The second-order valence-corrected chi connectivity index (χ2v) is 4.43. The monoisotopic (exact) mass is 267 g/mol. The molecule has 0 aliphatic carbocycles. The van der Waals surface area contributed by atoms with Gasteiger partial charge in [-0.15, -0.1) is 0 Å². The highest BCUT2D eigenvalue weighted by Gasteiger charge is 2.13. The summed E-state index contributed by atoms with van der Waals surface area (Å²) in [5.74, 6) is 2.03. The lowest BCUT2D eigenvalue weighted by atomic mass is 10.1. The molecular formula is C15H25NO3. The molecule has 4 heteroatoms. The van der Waals surface area contributed by atoms with Crippen LogP contribution in [0.25, 0.3) is 0 Å². The van der Waals surface area contributed by atoms with Crippen molar-refractivity contribution in [3.63, 3.8) is 0 Å². The van der Waals surface area contributed by atoms with E-state index in [1.165, 1.54) is 0 Å². The van der Waals surface area contributed by atoms with E-state index < -0.39 is 0 Å². The van der Waals surface area contributed by atoms with Gasteiger partial charge >= 0.3 is 0 Å². The van der Waals surface area contributed by atoms with Crippen molar-refractivity contribution < 1.29 is 14.2 Å². The normalized spacial score (nSPS) is 10.6. The van der Waals surface area contributed by atoms with Crippen molar-refractivity contribution >= 4 is 0 Å². The third kappa shape index (κ3) is 4.03. The second-order valence-electron chi connectivity index (χ2n) is 4.43. The largest absolute Gasteiger partial charge is 0.493 e. The molecule has 0 saturated carbocycles. The predicted molar refractivity (Wildman–Crippen MR) is 77.3 cm³/mol. The van der Waals surface area contributed by atoms with E-state index in [1.54, 1.807) is 21.3 Å². The van der Waals surface area contributed by atoms with Gasteiger partial charge in [0.25, 0.3) is 0 Å². The van der Waals surface area contributed by atoms with Crippen molar-refractivity contribution in [2.75, 3.05) is 21.3 Å². The van der Waals surface area contributed by atoms with E-state index in [9.17, 15) is 0 Å². The van der Waals surface area contributed by atoms with Gasteiger partial charge in [-0.25, -0.2) is 0 Å². The van der Waals surface area contributed by atoms with Gasteiger partial charge in [0.15, 0.2) is 11.5 Å². The summed E-state index contributed by atoms with van der Waals surface area (Å²) in [6, 6.07) is 4.51. The number of hydrogen-bond donors (Lipinski definition) is 1. The van der Waals surface area contributed by atoms with Gasteiger partial charge in [0.1, 0.15) is 0 Å². The number of methoxy groups -OCH3 is 3. The zero-order chi connectivity index (χ0) is 14.3. The third-order valence-corrected chi connectivity index (χ3v) is 3.30. The molecule has 108 valence electrons. The average Bonchev–Trinajstić information content (AvgIpc) is 2.46. The minimum absolute atomic E-state index is 0.541. The van der Waals surface area contributed by atoms with Crippen LogP contribution >= 0.6 is 0 Å². The molecule has 4 nitrogen and oxygen atoms in total. The molecule has 0 atom stereocenters. The van der Waals surface area contributed by atoms with Gasteiger partial charge in [-0.3, -0.25) is 0 Å². The van der Waals surface area contributed by atoms with Crippen molar-refractivity contribution in [3.8, 4) is 17.2 Å². The first-order chi connectivity index (χ1) is 9.19. The van der Waals surface area contributed by atoms with Crippen LogP contribution in [0.2, 0.25) is 0 Å². The van der Waals surface area contributed by atoms with Gasteiger partial charge in [0.05, 0.1) is 21.3 Å². The Labute approximate surface area is 116 Å². The van der Waals surface area contributed by atoms with Crippen LogP contribution in [0, 0.1) is 0 Å². The Morgan fingerprint density at radius 1 is 0.947 bits per heavy atom. The summed E-state index contributed by atoms with van der Waals surface area (Å²) in [5.41, 5.74) is 1.13. The zero-order valence-electron chi connectivity index (χ0n) is 12.6. The Hall–Kier alpha value is -1.42. The van der Waals surface area contributed by atoms with E-state index in [2.05, 4.69) is 19.2 Å². The van der Waals surface area contributed by atoms with Gasteiger partial charge in [-0.05, 0) is 30.5 Å². The van der Waals surface area contributed by atoms with Crippen LogP contribution in [0.1, 0.15) is 32.3 Å². The van der Waals surface area contributed by atoms with E-state index in [-0.39, 0.29) is 0 Å². The van der Waals surface area contributed by atoms with Crippen LogP contribution in [0.3, 0.4) is 0 Å². The van der Waals surface area contributed by atoms with E-state index in [4.69, 9.17) is 14.2 Å². The van der Waals surface area contributed by atoms with Crippen molar-refractivity contribution in [1.82, 2.24) is 5.32 Å². The second kappa shape index (κ2) is 7.89. The molecule has 0 fully saturated rings. The fourth-order valence-electron chi connectivity index (χ4n) is 2.08. The number of hydrogen-bond acceptors (Lipinski definition) is 4. The van der Waals surface area contributed by atoms with Crippen LogP contribution < -0.4 is 19.5 Å². The summed E-state index contributed by atoms with van der Waals surface area (Å²) in [4.78, 5) is 0. The Morgan fingerprint density at radius 2 is 1.47 bits per heavy atom. The molecule has 1 aromatic rings. The quantitative estimate of drug-likeness (QED) is 0.786. The van der Waals surface area contributed by atoms with Crippen LogP contribution in [-0.2, 0) is 6.54 Å². The minimum atomic E-state index is 0.541. The van der Waals surface area contributed by atoms with Crippen molar-refractivity contribution in [1.29, 1.82) is 0 Å². The molecule has 0 radical (unpaired) electrons. The molecule has 0 amide bonds. The zero-order valence-corrected chi connectivity index (χ0v) is 12.6. The van der Waals surface area contributed by atoms with Gasteiger partial charge in [-0.2, -0.15) is 0 Å². The highest BCUT2D eigenvalue weighted by molar-refractivity contribution is 5.53. The highest BCUT2D eigenvalue weighted by Crippen LogP contribution is 2.38. The Bertz CT molecular complexity index is 364. The van der Waals surface area contributed by atoms with Gasteiger partial charge in [0.2, 0.25) is 5.75 Å². The highest BCUT2D eigenvalue weighted by atomic mass is 16.5. The molecule has 0 aliphatic rings. The summed E-state index contributed by atoms with van der Waals surface area (Å²) in [6.07, 6.45) is 2.25. The average molecular weight is 267 g/mol. The van der Waals surface area contributed by atoms with Crippen molar-refractivity contribution in [2.45, 2.75) is 39.3 Å². The molecule has 19 heavy (non-hydrogen) atoms. The molecular weight excluding hydrogens is 242 g/mol. The Kier molecular flexibility index (Phi) is 6.50. The van der Waals surface area contributed by atoms with E-state index in [0.717, 1.165) is 24.9 Å². The van der Waals surface area contributed by atoms with Crippen molar-refractivity contribution in [3.05, 3.63) is 17.7 Å². The number of rotatable bonds is 8. The fourth-order valence-corrected chi connectivity index (χ4v) is 2.08. The maximum Gasteiger partial charge on any atom is 0.203 e. The lowest BCUT2D eigenvalue weighted by molar-refractivity contribution is 0.323. The SMILES string of the molecule is CCC(CC)NCc1cc(OC)c(OC)c(OC)c1. The van der Waals surface area contributed by atoms with Crippen molar-refractivity contribution in [2.24, 2.45) is 0 Å². The first kappa shape index (κ1) is 15.6. The predicted octanol–water partition coefficient (Wildman–Crippen LogP) is 2.99. The molecule has 0 saturated heterocycles. The molecule has 0 heterocycles. The smallest absolute Gasteiger partial charge is 0.203 e. The number of benzene rings is 1. The molecule has 1 N–H and O–H groups in total. The number of nitrogens with one attached hydrogen (secondary N) is 1. The third-order valence-electron chi connectivity index (χ3n) is 3.30. The molecule has 0 aromatic heterocycles. The Morgan fingerprint density at radius 3 is 1.84 bits per heavy atom. The maximum atomic E-state index is 5.35. The van der Waals surface area contributed by atoms with Crippen LogP contribution in [0.4, 0.5) is 0 Å². The van der Waals surface area contributed by atoms with Crippen LogP contribution in [0.5, 0.6) is 17.2 Å². The topological polar surface area (TPSA) is 39.7 Å². The molecule has 0 bridgehead atoms. The summed E-state index contributed by atoms with van der Waals surface area (Å²) in [7, 11) is 4.88. The summed E-state index contributed by atoms with van der Waals surface area (Å²) >= 11 is 0. The summed E-state index contributed by atoms with van der Waals surface area (Å²) < 4.78 is 16.0. The van der Waals surface area contributed by atoms with Crippen LogP contribution in [-0.4, -0.2) is 27.4 Å². The van der Waals surface area contributed by atoms with E-state index in [0.29, 0.717) is 23.3 Å². The lowest BCUT2D eigenvalue weighted by Gasteiger charge is -2.17. The maximum absolute atomic E-state index is 5.35.